The number of piperazine rings is 1. The van der Waals surface area contributed by atoms with Gasteiger partial charge in [-0.3, -0.25) is 4.90 Å². The Hall–Kier alpha value is -0.190. The summed E-state index contributed by atoms with van der Waals surface area (Å²) in [6.45, 7) is 5.07. The van der Waals surface area contributed by atoms with E-state index in [0.29, 0.717) is 23.5 Å². The molecule has 3 fully saturated rings. The quantitative estimate of drug-likeness (QED) is 0.314. The maximum absolute atomic E-state index is 13.0. The average Bonchev–Trinajstić information content (AvgIpc) is 2.82. The van der Waals surface area contributed by atoms with Gasteiger partial charge in [0.1, 0.15) is 0 Å². The van der Waals surface area contributed by atoms with E-state index in [9.17, 15) is 8.42 Å². The Morgan fingerprint density at radius 2 is 1.31 bits per heavy atom. The second-order valence-corrected chi connectivity index (χ2v) is 11.4. The predicted molar refractivity (Wildman–Crippen MR) is 161 cm³/mol. The minimum atomic E-state index is -3.53. The van der Waals surface area contributed by atoms with Crippen LogP contribution in [-0.2, 0) is 10.0 Å². The lowest BCUT2D eigenvalue weighted by Crippen LogP contribution is -2.46. The standard InChI is InChI=1S/C24H41N5O2S.4ClH/c30-32(31,26-15-18-29-16-13-25-14-17-29)22-11-12-23(27-20-7-3-1-4-8-20)24(19-22)28-21-9-5-2-6-10-21;;;;/h11-12,19-21,25-28H,1-10,13-18H2;4*1H. The molecule has 1 aliphatic heterocycles. The van der Waals surface area contributed by atoms with Gasteiger partial charge in [0.05, 0.1) is 16.3 Å². The molecular weight excluding hydrogens is 564 g/mol. The molecule has 3 aliphatic rings. The zero-order valence-electron chi connectivity index (χ0n) is 21.0. The summed E-state index contributed by atoms with van der Waals surface area (Å²) in [7, 11) is -3.53. The maximum Gasteiger partial charge on any atom is 0.240 e. The summed E-state index contributed by atoms with van der Waals surface area (Å²) in [5.41, 5.74) is 1.98. The van der Waals surface area contributed by atoms with Gasteiger partial charge < -0.3 is 16.0 Å². The number of rotatable bonds is 9. The van der Waals surface area contributed by atoms with Gasteiger partial charge in [0, 0.05) is 51.4 Å². The second kappa shape index (κ2) is 18.2. The van der Waals surface area contributed by atoms with Crippen LogP contribution in [0, 0.1) is 0 Å². The molecule has 0 unspecified atom stereocenters. The first-order chi connectivity index (χ1) is 15.6. The van der Waals surface area contributed by atoms with Crippen LogP contribution in [0.4, 0.5) is 11.4 Å². The van der Waals surface area contributed by atoms with E-state index in [4.69, 9.17) is 0 Å². The molecule has 36 heavy (non-hydrogen) atoms. The fraction of sp³-hybridized carbons (Fsp3) is 0.750. The number of hydrogen-bond donors (Lipinski definition) is 4. The van der Waals surface area contributed by atoms with Crippen molar-refractivity contribution in [1.82, 2.24) is 14.9 Å². The lowest BCUT2D eigenvalue weighted by molar-refractivity contribution is 0.245. The molecule has 0 radical (unpaired) electrons. The summed E-state index contributed by atoms with van der Waals surface area (Å²) < 4.78 is 28.9. The van der Waals surface area contributed by atoms with Gasteiger partial charge in [0.2, 0.25) is 10.0 Å². The van der Waals surface area contributed by atoms with Gasteiger partial charge in [-0.25, -0.2) is 13.1 Å². The summed E-state index contributed by atoms with van der Waals surface area (Å²) in [5.74, 6) is 0. The zero-order chi connectivity index (χ0) is 22.2. The van der Waals surface area contributed by atoms with Crippen molar-refractivity contribution in [3.8, 4) is 0 Å². The summed E-state index contributed by atoms with van der Waals surface area (Å²) in [4.78, 5) is 2.65. The van der Waals surface area contributed by atoms with Crippen LogP contribution in [-0.4, -0.2) is 64.7 Å². The van der Waals surface area contributed by atoms with Crippen LogP contribution in [0.3, 0.4) is 0 Å². The zero-order valence-corrected chi connectivity index (χ0v) is 25.1. The van der Waals surface area contributed by atoms with Gasteiger partial charge in [-0.05, 0) is 43.9 Å². The van der Waals surface area contributed by atoms with Crippen molar-refractivity contribution in [1.29, 1.82) is 0 Å². The number of hydrogen-bond acceptors (Lipinski definition) is 6. The van der Waals surface area contributed by atoms with E-state index in [-0.39, 0.29) is 49.6 Å². The minimum Gasteiger partial charge on any atom is -0.381 e. The summed E-state index contributed by atoms with van der Waals surface area (Å²) >= 11 is 0. The van der Waals surface area contributed by atoms with Crippen LogP contribution in [0.1, 0.15) is 64.2 Å². The molecule has 1 aromatic carbocycles. The monoisotopic (exact) mass is 607 g/mol. The van der Waals surface area contributed by atoms with Crippen molar-refractivity contribution < 1.29 is 8.42 Å². The first-order valence-corrected chi connectivity index (χ1v) is 14.2. The van der Waals surface area contributed by atoms with Crippen molar-refractivity contribution in [2.24, 2.45) is 0 Å². The van der Waals surface area contributed by atoms with Gasteiger partial charge in [-0.2, -0.15) is 0 Å². The molecule has 0 bridgehead atoms. The van der Waals surface area contributed by atoms with E-state index in [1.165, 1.54) is 51.4 Å². The van der Waals surface area contributed by atoms with E-state index in [1.807, 2.05) is 12.1 Å². The van der Waals surface area contributed by atoms with Crippen LogP contribution in [0.15, 0.2) is 23.1 Å². The average molecular weight is 610 g/mol. The highest BCUT2D eigenvalue weighted by Gasteiger charge is 2.21. The highest BCUT2D eigenvalue weighted by Crippen LogP contribution is 2.31. The molecule has 0 aromatic heterocycles. The number of benzene rings is 1. The molecule has 1 heterocycles. The predicted octanol–water partition coefficient (Wildman–Crippen LogP) is 5.05. The molecule has 0 atom stereocenters. The molecule has 1 aromatic rings. The molecular formula is C24H45Cl4N5O2S. The van der Waals surface area contributed by atoms with Crippen molar-refractivity contribution in [2.75, 3.05) is 49.9 Å². The number of nitrogens with zero attached hydrogens (tertiary/aromatic N) is 1. The Morgan fingerprint density at radius 1 is 0.778 bits per heavy atom. The molecule has 4 rings (SSSR count). The van der Waals surface area contributed by atoms with Gasteiger partial charge >= 0.3 is 0 Å². The van der Waals surface area contributed by atoms with Gasteiger partial charge in [0.15, 0.2) is 0 Å². The Labute approximate surface area is 242 Å². The summed E-state index contributed by atoms with van der Waals surface area (Å²) in [6, 6.07) is 6.46. The van der Waals surface area contributed by atoms with E-state index < -0.39 is 10.0 Å². The van der Waals surface area contributed by atoms with Crippen LogP contribution in [0.25, 0.3) is 0 Å². The molecule has 7 nitrogen and oxygen atoms in total. The van der Waals surface area contributed by atoms with Crippen LogP contribution < -0.4 is 20.7 Å². The Morgan fingerprint density at radius 3 is 1.86 bits per heavy atom. The first-order valence-electron chi connectivity index (χ1n) is 12.7. The van der Waals surface area contributed by atoms with Gasteiger partial charge in [-0.1, -0.05) is 38.5 Å². The van der Waals surface area contributed by atoms with Crippen molar-refractivity contribution in [2.45, 2.75) is 81.2 Å². The summed E-state index contributed by atoms with van der Waals surface area (Å²) in [6.07, 6.45) is 12.3. The third kappa shape index (κ3) is 10.9. The maximum atomic E-state index is 13.0. The van der Waals surface area contributed by atoms with Crippen LogP contribution in [0.5, 0.6) is 0 Å². The molecule has 2 aliphatic carbocycles. The number of halogens is 4. The topological polar surface area (TPSA) is 85.5 Å². The molecule has 12 heteroatoms. The fourth-order valence-corrected chi connectivity index (χ4v) is 6.27. The lowest BCUT2D eigenvalue weighted by atomic mass is 9.94. The van der Waals surface area contributed by atoms with Gasteiger partial charge in [-0.15, -0.1) is 49.6 Å². The van der Waals surface area contributed by atoms with Crippen molar-refractivity contribution in [3.05, 3.63) is 18.2 Å². The van der Waals surface area contributed by atoms with Crippen LogP contribution >= 0.6 is 49.6 Å². The van der Waals surface area contributed by atoms with Gasteiger partial charge in [0.25, 0.3) is 0 Å². The third-order valence-electron chi connectivity index (χ3n) is 7.16. The lowest BCUT2D eigenvalue weighted by Gasteiger charge is -2.29. The highest BCUT2D eigenvalue weighted by atomic mass is 35.5. The van der Waals surface area contributed by atoms with E-state index in [2.05, 4.69) is 25.6 Å². The summed E-state index contributed by atoms with van der Waals surface area (Å²) in [5, 5.41) is 10.7. The molecule has 2 saturated carbocycles. The molecule has 212 valence electrons. The van der Waals surface area contributed by atoms with Crippen molar-refractivity contribution >= 4 is 71.0 Å². The third-order valence-corrected chi connectivity index (χ3v) is 8.62. The SMILES string of the molecule is Cl.Cl.Cl.Cl.O=S(=O)(NCCN1CCNCC1)c1ccc(NC2CCCCC2)c(NC2CCCCC2)c1. The molecule has 0 amide bonds. The molecule has 4 N–H and O–H groups in total. The van der Waals surface area contributed by atoms with Crippen LogP contribution in [0.2, 0.25) is 0 Å². The molecule has 1 saturated heterocycles. The largest absolute Gasteiger partial charge is 0.381 e. The Kier molecular flexibility index (Phi) is 18.1. The molecule has 0 spiro atoms. The van der Waals surface area contributed by atoms with E-state index in [1.54, 1.807) is 6.07 Å². The first kappa shape index (κ1) is 35.8. The minimum absolute atomic E-state index is 0. The van der Waals surface area contributed by atoms with E-state index in [0.717, 1.165) is 56.9 Å². The normalized spacial score (nSPS) is 19.6. The van der Waals surface area contributed by atoms with Crippen molar-refractivity contribution in [3.63, 3.8) is 0 Å². The van der Waals surface area contributed by atoms with E-state index >= 15 is 0 Å². The Bertz CT molecular complexity index is 832. The fourth-order valence-electron chi connectivity index (χ4n) is 5.23. The number of anilines is 2. The number of sulfonamides is 1. The number of nitrogens with one attached hydrogen (secondary N) is 4. The second-order valence-electron chi connectivity index (χ2n) is 9.66. The Balaban J connectivity index is 0.00000306. The highest BCUT2D eigenvalue weighted by molar-refractivity contribution is 7.89. The smallest absolute Gasteiger partial charge is 0.240 e.